The highest BCUT2D eigenvalue weighted by molar-refractivity contribution is 6.04. The Morgan fingerprint density at radius 1 is 1.00 bits per heavy atom. The molecule has 0 atom stereocenters. The van der Waals surface area contributed by atoms with Gasteiger partial charge in [-0.2, -0.15) is 5.21 Å². The number of ether oxygens (including phenoxy) is 1. The molecule has 0 saturated carbocycles. The second-order valence-electron chi connectivity index (χ2n) is 6.80. The molecule has 1 aliphatic carbocycles. The lowest BCUT2D eigenvalue weighted by Gasteiger charge is -2.09. The van der Waals surface area contributed by atoms with E-state index >= 15 is 0 Å². The van der Waals surface area contributed by atoms with Gasteiger partial charge in [0.15, 0.2) is 6.61 Å². The predicted molar refractivity (Wildman–Crippen MR) is 114 cm³/mol. The van der Waals surface area contributed by atoms with Crippen LogP contribution in [0.2, 0.25) is 0 Å². The number of nitrogens with zero attached hydrogens (tertiary/aromatic N) is 3. The first-order valence-electron chi connectivity index (χ1n) is 9.24. The lowest BCUT2D eigenvalue weighted by molar-refractivity contribution is 0.102. The number of aromatic nitrogens is 4. The monoisotopic (exact) mass is 399 g/mol. The highest BCUT2D eigenvalue weighted by Crippen LogP contribution is 2.37. The van der Waals surface area contributed by atoms with E-state index in [0.717, 1.165) is 12.1 Å². The smallest absolute Gasteiger partial charge is 0.255 e. The number of carbonyl (C=O) groups excluding carboxylic acids is 1. The zero-order chi connectivity index (χ0) is 19.6. The Morgan fingerprint density at radius 2 is 1.80 bits per heavy atom. The third-order valence-corrected chi connectivity index (χ3v) is 4.93. The molecule has 2 N–H and O–H groups in total. The molecule has 150 valence electrons. The van der Waals surface area contributed by atoms with Crippen molar-refractivity contribution in [3.05, 3.63) is 89.2 Å². The van der Waals surface area contributed by atoms with Gasteiger partial charge in [0.2, 0.25) is 5.82 Å². The SMILES string of the molecule is C.O=C(Nc1ccc2c(c1)Cc1ccccc1-2)c1ccc(OCc2nn[nH]n2)cc1. The van der Waals surface area contributed by atoms with E-state index in [4.69, 9.17) is 4.74 Å². The largest absolute Gasteiger partial charge is 0.485 e. The maximum Gasteiger partial charge on any atom is 0.255 e. The quantitative estimate of drug-likeness (QED) is 0.461. The minimum atomic E-state index is -0.162. The molecule has 5 rings (SSSR count). The van der Waals surface area contributed by atoms with Crippen LogP contribution in [0.15, 0.2) is 66.7 Å². The Labute approximate surface area is 174 Å². The fourth-order valence-corrected chi connectivity index (χ4v) is 3.52. The van der Waals surface area contributed by atoms with Gasteiger partial charge in [0.1, 0.15) is 5.75 Å². The summed E-state index contributed by atoms with van der Waals surface area (Å²) in [6, 6.07) is 21.4. The zero-order valence-corrected chi connectivity index (χ0v) is 15.4. The van der Waals surface area contributed by atoms with Crippen LogP contribution in [0.4, 0.5) is 5.69 Å². The highest BCUT2D eigenvalue weighted by Gasteiger charge is 2.18. The number of nitrogens with one attached hydrogen (secondary N) is 2. The van der Waals surface area contributed by atoms with Crippen LogP contribution >= 0.6 is 0 Å². The predicted octanol–water partition coefficient (Wildman–Crippen LogP) is 4.24. The van der Waals surface area contributed by atoms with Gasteiger partial charge in [0.25, 0.3) is 5.91 Å². The van der Waals surface area contributed by atoms with Crippen molar-refractivity contribution in [3.8, 4) is 16.9 Å². The van der Waals surface area contributed by atoms with Gasteiger partial charge < -0.3 is 10.1 Å². The molecule has 1 amide bonds. The zero-order valence-electron chi connectivity index (χ0n) is 15.4. The number of fused-ring (bicyclic) bond motifs is 3. The van der Waals surface area contributed by atoms with E-state index in [1.54, 1.807) is 24.3 Å². The molecule has 7 heteroatoms. The van der Waals surface area contributed by atoms with Crippen LogP contribution in [-0.2, 0) is 13.0 Å². The van der Waals surface area contributed by atoms with Crippen LogP contribution in [0.5, 0.6) is 5.75 Å². The van der Waals surface area contributed by atoms with Crippen LogP contribution in [0.1, 0.15) is 34.7 Å². The second kappa shape index (κ2) is 8.16. The number of tetrazole rings is 1. The van der Waals surface area contributed by atoms with E-state index in [1.807, 2.05) is 6.07 Å². The van der Waals surface area contributed by atoms with Gasteiger partial charge in [0.05, 0.1) is 0 Å². The van der Waals surface area contributed by atoms with Gasteiger partial charge in [-0.15, -0.1) is 10.2 Å². The van der Waals surface area contributed by atoms with E-state index in [9.17, 15) is 4.79 Å². The summed E-state index contributed by atoms with van der Waals surface area (Å²) in [5.74, 6) is 0.928. The van der Waals surface area contributed by atoms with Crippen LogP contribution in [0, 0.1) is 0 Å². The topological polar surface area (TPSA) is 92.8 Å². The second-order valence-corrected chi connectivity index (χ2v) is 6.80. The van der Waals surface area contributed by atoms with Crippen molar-refractivity contribution in [1.82, 2.24) is 20.6 Å². The van der Waals surface area contributed by atoms with Crippen molar-refractivity contribution in [3.63, 3.8) is 0 Å². The lowest BCUT2D eigenvalue weighted by atomic mass is 10.1. The Bertz CT molecular complexity index is 1170. The van der Waals surface area contributed by atoms with E-state index in [-0.39, 0.29) is 19.9 Å². The van der Waals surface area contributed by atoms with E-state index < -0.39 is 0 Å². The fourth-order valence-electron chi connectivity index (χ4n) is 3.52. The van der Waals surface area contributed by atoms with Crippen molar-refractivity contribution >= 4 is 11.6 Å². The molecule has 0 fully saturated rings. The maximum atomic E-state index is 12.6. The first-order valence-corrected chi connectivity index (χ1v) is 9.24. The molecule has 0 aliphatic heterocycles. The van der Waals surface area contributed by atoms with Crippen LogP contribution in [0.25, 0.3) is 11.1 Å². The summed E-state index contributed by atoms with van der Waals surface area (Å²) in [7, 11) is 0. The average molecular weight is 399 g/mol. The summed E-state index contributed by atoms with van der Waals surface area (Å²) in [6.45, 7) is 0.208. The molecule has 0 spiro atoms. The van der Waals surface area contributed by atoms with Gasteiger partial charge in [-0.1, -0.05) is 43.0 Å². The van der Waals surface area contributed by atoms with E-state index in [1.165, 1.54) is 22.3 Å². The number of anilines is 1. The Kier molecular flexibility index (Phi) is 5.26. The number of aromatic amines is 1. The maximum absolute atomic E-state index is 12.6. The molecular weight excluding hydrogens is 378 g/mol. The summed E-state index contributed by atoms with van der Waals surface area (Å²) in [6.07, 6.45) is 0.891. The summed E-state index contributed by atoms with van der Waals surface area (Å²) in [4.78, 5) is 12.6. The fraction of sp³-hybridized carbons (Fsp3) is 0.130. The minimum absolute atomic E-state index is 0. The molecule has 7 nitrogen and oxygen atoms in total. The molecule has 3 aromatic carbocycles. The van der Waals surface area contributed by atoms with E-state index in [0.29, 0.717) is 17.1 Å². The molecule has 0 bridgehead atoms. The standard InChI is InChI=1S/C22H17N5O2.CH4/c28-22(14-5-8-18(9-6-14)29-13-21-24-26-27-25-21)23-17-7-10-20-16(12-17)11-15-3-1-2-4-19(15)20;/h1-10,12H,11,13H2,(H,23,28)(H,24,25,26,27);1H4. The first-order chi connectivity index (χ1) is 14.3. The normalized spacial score (nSPS) is 11.2. The highest BCUT2D eigenvalue weighted by atomic mass is 16.5. The molecule has 0 unspecified atom stereocenters. The van der Waals surface area contributed by atoms with Crippen LogP contribution < -0.4 is 10.1 Å². The third kappa shape index (κ3) is 3.77. The molecule has 1 heterocycles. The van der Waals surface area contributed by atoms with Gasteiger partial charge in [-0.3, -0.25) is 4.79 Å². The number of hydrogen-bond donors (Lipinski definition) is 2. The van der Waals surface area contributed by atoms with Gasteiger partial charge in [-0.25, -0.2) is 0 Å². The molecule has 0 saturated heterocycles. The van der Waals surface area contributed by atoms with Crippen LogP contribution in [0.3, 0.4) is 0 Å². The summed E-state index contributed by atoms with van der Waals surface area (Å²) in [5.41, 5.74) is 6.41. The average Bonchev–Trinajstić information content (AvgIpc) is 3.40. The van der Waals surface area contributed by atoms with Gasteiger partial charge >= 0.3 is 0 Å². The summed E-state index contributed by atoms with van der Waals surface area (Å²) >= 11 is 0. The van der Waals surface area contributed by atoms with Crippen molar-refractivity contribution in [2.75, 3.05) is 5.32 Å². The number of benzene rings is 3. The van der Waals surface area contributed by atoms with Gasteiger partial charge in [0, 0.05) is 11.3 Å². The minimum Gasteiger partial charge on any atom is -0.485 e. The number of carbonyl (C=O) groups is 1. The number of rotatable bonds is 5. The van der Waals surface area contributed by atoms with E-state index in [2.05, 4.69) is 62.3 Å². The number of amides is 1. The number of H-pyrrole nitrogens is 1. The molecule has 1 aliphatic rings. The Hall–Kier alpha value is -4.00. The summed E-state index contributed by atoms with van der Waals surface area (Å²) < 4.78 is 5.57. The summed E-state index contributed by atoms with van der Waals surface area (Å²) in [5, 5.41) is 16.5. The van der Waals surface area contributed by atoms with Gasteiger partial charge in [-0.05, 0) is 65.1 Å². The molecular formula is C23H21N5O2. The van der Waals surface area contributed by atoms with Crippen LogP contribution in [-0.4, -0.2) is 26.5 Å². The lowest BCUT2D eigenvalue weighted by Crippen LogP contribution is -2.12. The van der Waals surface area contributed by atoms with Crippen molar-refractivity contribution in [2.24, 2.45) is 0 Å². The number of hydrogen-bond acceptors (Lipinski definition) is 5. The molecule has 1 aromatic heterocycles. The molecule has 30 heavy (non-hydrogen) atoms. The van der Waals surface area contributed by atoms with Crippen molar-refractivity contribution in [2.45, 2.75) is 20.5 Å². The van der Waals surface area contributed by atoms with Crippen molar-refractivity contribution in [1.29, 1.82) is 0 Å². The first kappa shape index (κ1) is 19.3. The third-order valence-electron chi connectivity index (χ3n) is 4.93. The Morgan fingerprint density at radius 3 is 2.60 bits per heavy atom. The van der Waals surface area contributed by atoms with Crippen molar-refractivity contribution < 1.29 is 9.53 Å². The Balaban J connectivity index is 0.00000218. The molecule has 4 aromatic rings. The molecule has 0 radical (unpaired) electrons.